The first-order valence-electron chi connectivity index (χ1n) is 5.25. The van der Waals surface area contributed by atoms with E-state index in [0.29, 0.717) is 21.2 Å². The van der Waals surface area contributed by atoms with Crippen molar-refractivity contribution in [1.29, 1.82) is 0 Å². The van der Waals surface area contributed by atoms with Crippen LogP contribution in [0.1, 0.15) is 10.4 Å². The summed E-state index contributed by atoms with van der Waals surface area (Å²) >= 11 is 3.20. The highest BCUT2D eigenvalue weighted by molar-refractivity contribution is 9.10. The molecule has 0 unspecified atom stereocenters. The van der Waals surface area contributed by atoms with Crippen molar-refractivity contribution in [3.8, 4) is 11.1 Å². The summed E-state index contributed by atoms with van der Waals surface area (Å²) in [5.41, 5.74) is 1.49. The van der Waals surface area contributed by atoms with E-state index < -0.39 is 5.97 Å². The van der Waals surface area contributed by atoms with Crippen molar-refractivity contribution in [1.82, 2.24) is 0 Å². The van der Waals surface area contributed by atoms with Crippen LogP contribution in [0.2, 0.25) is 0 Å². The lowest BCUT2D eigenvalue weighted by molar-refractivity contribution is 0.0601. The molecule has 0 atom stereocenters. The summed E-state index contributed by atoms with van der Waals surface area (Å²) in [6.45, 7) is 0. The minimum absolute atomic E-state index is 0.341. The molecular weight excluding hydrogens is 299 g/mol. The Hall–Kier alpha value is -1.68. The van der Waals surface area contributed by atoms with E-state index in [0.717, 1.165) is 0 Å². The summed E-state index contributed by atoms with van der Waals surface area (Å²) in [7, 11) is 1.31. The predicted octanol–water partition coefficient (Wildman–Crippen LogP) is 4.04. The Labute approximate surface area is 113 Å². The van der Waals surface area contributed by atoms with Crippen LogP contribution in [-0.4, -0.2) is 13.1 Å². The first-order valence-corrected chi connectivity index (χ1v) is 6.05. The Morgan fingerprint density at radius 3 is 2.67 bits per heavy atom. The van der Waals surface area contributed by atoms with Gasteiger partial charge in [-0.1, -0.05) is 34.1 Å². The van der Waals surface area contributed by atoms with Gasteiger partial charge in [0, 0.05) is 10.0 Å². The van der Waals surface area contributed by atoms with Crippen LogP contribution in [-0.2, 0) is 4.74 Å². The molecule has 0 aliphatic heterocycles. The van der Waals surface area contributed by atoms with E-state index in [-0.39, 0.29) is 5.82 Å². The van der Waals surface area contributed by atoms with Crippen LogP contribution >= 0.6 is 15.9 Å². The molecule has 0 aliphatic rings. The molecule has 0 bridgehead atoms. The van der Waals surface area contributed by atoms with E-state index in [1.54, 1.807) is 36.4 Å². The Morgan fingerprint density at radius 2 is 2.00 bits per heavy atom. The zero-order valence-electron chi connectivity index (χ0n) is 9.61. The van der Waals surface area contributed by atoms with Gasteiger partial charge in [0.2, 0.25) is 0 Å². The molecule has 18 heavy (non-hydrogen) atoms. The Balaban J connectivity index is 2.48. The number of carbonyl (C=O) groups is 1. The van der Waals surface area contributed by atoms with Crippen LogP contribution in [0.25, 0.3) is 11.1 Å². The zero-order chi connectivity index (χ0) is 13.1. The molecule has 2 rings (SSSR count). The molecule has 0 fully saturated rings. The van der Waals surface area contributed by atoms with Gasteiger partial charge in [0.05, 0.1) is 12.7 Å². The molecule has 4 heteroatoms. The molecule has 2 aromatic rings. The highest BCUT2D eigenvalue weighted by Crippen LogP contribution is 2.26. The van der Waals surface area contributed by atoms with E-state index in [1.807, 2.05) is 0 Å². The molecule has 2 nitrogen and oxygen atoms in total. The van der Waals surface area contributed by atoms with Crippen LogP contribution in [0.15, 0.2) is 46.9 Å². The lowest BCUT2D eigenvalue weighted by Crippen LogP contribution is -2.00. The predicted molar refractivity (Wildman–Crippen MR) is 70.9 cm³/mol. The fraction of sp³-hybridized carbons (Fsp3) is 0.0714. The normalized spacial score (nSPS) is 10.2. The Bertz CT molecular complexity index is 596. The highest BCUT2D eigenvalue weighted by Gasteiger charge is 2.09. The monoisotopic (exact) mass is 308 g/mol. The van der Waals surface area contributed by atoms with Gasteiger partial charge in [-0.3, -0.25) is 0 Å². The van der Waals surface area contributed by atoms with Crippen LogP contribution in [0.4, 0.5) is 4.39 Å². The Kier molecular flexibility index (Phi) is 3.77. The molecule has 0 heterocycles. The average Bonchev–Trinajstić information content (AvgIpc) is 2.38. The van der Waals surface area contributed by atoms with Crippen molar-refractivity contribution in [2.24, 2.45) is 0 Å². The first kappa shape index (κ1) is 12.8. The number of carbonyl (C=O) groups excluding carboxylic acids is 1. The zero-order valence-corrected chi connectivity index (χ0v) is 11.2. The van der Waals surface area contributed by atoms with Gasteiger partial charge in [0.1, 0.15) is 5.82 Å². The minimum Gasteiger partial charge on any atom is -0.465 e. The minimum atomic E-state index is -0.436. The molecule has 0 N–H and O–H groups in total. The van der Waals surface area contributed by atoms with Crippen LogP contribution in [0.5, 0.6) is 0 Å². The maximum absolute atomic E-state index is 13.8. The van der Waals surface area contributed by atoms with E-state index >= 15 is 0 Å². The molecule has 2 aromatic carbocycles. The number of methoxy groups -OCH3 is 1. The largest absolute Gasteiger partial charge is 0.465 e. The van der Waals surface area contributed by atoms with E-state index in [4.69, 9.17) is 0 Å². The maximum Gasteiger partial charge on any atom is 0.337 e. The summed E-state index contributed by atoms with van der Waals surface area (Å²) in [6.07, 6.45) is 0. The van der Waals surface area contributed by atoms with E-state index in [9.17, 15) is 9.18 Å². The fourth-order valence-corrected chi connectivity index (χ4v) is 1.99. The lowest BCUT2D eigenvalue weighted by Gasteiger charge is -2.06. The summed E-state index contributed by atoms with van der Waals surface area (Å²) in [4.78, 5) is 11.4. The number of halogens is 2. The standard InChI is InChI=1S/C14H10BrFO2/c1-18-14(17)10-4-2-3-9(7-10)12-6-5-11(15)8-13(12)16/h2-8H,1H3. The van der Waals surface area contributed by atoms with Gasteiger partial charge in [0.15, 0.2) is 0 Å². The second-order valence-electron chi connectivity index (χ2n) is 3.70. The fourth-order valence-electron chi connectivity index (χ4n) is 1.66. The first-order chi connectivity index (χ1) is 8.61. The van der Waals surface area contributed by atoms with Crippen LogP contribution < -0.4 is 0 Å². The average molecular weight is 309 g/mol. The maximum atomic E-state index is 13.8. The van der Waals surface area contributed by atoms with Crippen molar-refractivity contribution in [2.45, 2.75) is 0 Å². The molecule has 0 aliphatic carbocycles. The molecule has 92 valence electrons. The molecule has 0 saturated heterocycles. The van der Waals surface area contributed by atoms with Gasteiger partial charge in [0.25, 0.3) is 0 Å². The third-order valence-corrected chi connectivity index (χ3v) is 3.02. The van der Waals surface area contributed by atoms with Crippen molar-refractivity contribution in [3.05, 3.63) is 58.3 Å². The van der Waals surface area contributed by atoms with Crippen molar-refractivity contribution in [3.63, 3.8) is 0 Å². The SMILES string of the molecule is COC(=O)c1cccc(-c2ccc(Br)cc2F)c1. The number of hydrogen-bond donors (Lipinski definition) is 0. The van der Waals surface area contributed by atoms with E-state index in [1.165, 1.54) is 13.2 Å². The number of esters is 1. The molecule has 0 spiro atoms. The van der Waals surface area contributed by atoms with E-state index in [2.05, 4.69) is 20.7 Å². The summed E-state index contributed by atoms with van der Waals surface area (Å²) in [6, 6.07) is 11.5. The summed E-state index contributed by atoms with van der Waals surface area (Å²) in [5.74, 6) is -0.777. The quantitative estimate of drug-likeness (QED) is 0.783. The lowest BCUT2D eigenvalue weighted by atomic mass is 10.0. The topological polar surface area (TPSA) is 26.3 Å². The van der Waals surface area contributed by atoms with Gasteiger partial charge in [-0.25, -0.2) is 9.18 Å². The molecule has 0 saturated carbocycles. The molecule has 0 aromatic heterocycles. The van der Waals surface area contributed by atoms with Crippen LogP contribution in [0, 0.1) is 5.82 Å². The second-order valence-corrected chi connectivity index (χ2v) is 4.61. The highest BCUT2D eigenvalue weighted by atomic mass is 79.9. The number of benzene rings is 2. The molecule has 0 radical (unpaired) electrons. The van der Waals surface area contributed by atoms with Crippen molar-refractivity contribution in [2.75, 3.05) is 7.11 Å². The second kappa shape index (κ2) is 5.31. The number of ether oxygens (including phenoxy) is 1. The van der Waals surface area contributed by atoms with Crippen LogP contribution in [0.3, 0.4) is 0 Å². The molecular formula is C14H10BrFO2. The van der Waals surface area contributed by atoms with Gasteiger partial charge in [-0.2, -0.15) is 0 Å². The third-order valence-electron chi connectivity index (χ3n) is 2.53. The molecule has 0 amide bonds. The van der Waals surface area contributed by atoms with Crippen molar-refractivity contribution >= 4 is 21.9 Å². The van der Waals surface area contributed by atoms with Gasteiger partial charge in [-0.15, -0.1) is 0 Å². The van der Waals surface area contributed by atoms with Gasteiger partial charge < -0.3 is 4.74 Å². The Morgan fingerprint density at radius 1 is 1.22 bits per heavy atom. The number of hydrogen-bond acceptors (Lipinski definition) is 2. The van der Waals surface area contributed by atoms with Crippen molar-refractivity contribution < 1.29 is 13.9 Å². The van der Waals surface area contributed by atoms with Gasteiger partial charge in [-0.05, 0) is 29.8 Å². The smallest absolute Gasteiger partial charge is 0.337 e. The number of rotatable bonds is 2. The summed E-state index contributed by atoms with van der Waals surface area (Å²) < 4.78 is 19.1. The summed E-state index contributed by atoms with van der Waals surface area (Å²) in [5, 5.41) is 0. The van der Waals surface area contributed by atoms with Gasteiger partial charge >= 0.3 is 5.97 Å². The third kappa shape index (κ3) is 2.59.